The smallest absolute Gasteiger partial charge is 0.322 e. The van der Waals surface area contributed by atoms with E-state index in [1.54, 1.807) is 23.5 Å². The molecule has 0 aliphatic carbocycles. The van der Waals surface area contributed by atoms with Crippen LogP contribution in [0.4, 0.5) is 0 Å². The fraction of sp³-hybridized carbons (Fsp3) is 0. The third kappa shape index (κ3) is 2.14. The molecule has 11 heavy (non-hydrogen) atoms. The molecule has 0 atom stereocenters. The van der Waals surface area contributed by atoms with Crippen LogP contribution >= 0.6 is 35.1 Å². The van der Waals surface area contributed by atoms with Crippen LogP contribution in [0.3, 0.4) is 0 Å². The first-order valence-electron chi connectivity index (χ1n) is 2.83. The van der Waals surface area contributed by atoms with Crippen molar-refractivity contribution in [2.24, 2.45) is 0 Å². The predicted molar refractivity (Wildman–Crippen MR) is 47.3 cm³/mol. The molecule has 0 radical (unpaired) electrons. The Morgan fingerprint density at radius 1 is 1.09 bits per heavy atom. The number of rotatable bonds is 0. The first kappa shape index (κ1) is 9.89. The Morgan fingerprint density at radius 2 is 1.55 bits per heavy atom. The van der Waals surface area contributed by atoms with E-state index in [4.69, 9.17) is 11.6 Å². The summed E-state index contributed by atoms with van der Waals surface area (Å²) in [4.78, 5) is 2.55. The van der Waals surface area contributed by atoms with E-state index in [1.807, 2.05) is 12.1 Å². The van der Waals surface area contributed by atoms with Gasteiger partial charge in [0.05, 0.1) is 0 Å². The molecule has 0 fully saturated rings. The molecule has 0 saturated heterocycles. The maximum Gasteiger partial charge on any atom is 1.00 e. The SMILES string of the molecule is Cl[C-]1Sc2ccccc2S1.[Li+]. The van der Waals surface area contributed by atoms with Gasteiger partial charge in [-0.2, -0.15) is 0 Å². The van der Waals surface area contributed by atoms with Crippen LogP contribution in [0.25, 0.3) is 0 Å². The minimum atomic E-state index is 0. The van der Waals surface area contributed by atoms with Crippen LogP contribution in [0.15, 0.2) is 34.1 Å². The minimum absolute atomic E-state index is 0. The van der Waals surface area contributed by atoms with E-state index in [9.17, 15) is 0 Å². The Kier molecular flexibility index (Phi) is 3.74. The summed E-state index contributed by atoms with van der Waals surface area (Å²) in [6.45, 7) is 0. The fourth-order valence-electron chi connectivity index (χ4n) is 0.813. The maximum absolute atomic E-state index is 5.82. The summed E-state index contributed by atoms with van der Waals surface area (Å²) in [6.07, 6.45) is 0. The van der Waals surface area contributed by atoms with Gasteiger partial charge in [-0.3, -0.25) is 23.5 Å². The van der Waals surface area contributed by atoms with Crippen LogP contribution in [-0.4, -0.2) is 0 Å². The number of halogens is 1. The molecule has 52 valence electrons. The van der Waals surface area contributed by atoms with Gasteiger partial charge in [0.1, 0.15) is 0 Å². The van der Waals surface area contributed by atoms with Crippen molar-refractivity contribution >= 4 is 35.1 Å². The van der Waals surface area contributed by atoms with Gasteiger partial charge in [0.2, 0.25) is 0 Å². The zero-order chi connectivity index (χ0) is 6.97. The molecule has 1 aliphatic rings. The molecule has 0 saturated carbocycles. The van der Waals surface area contributed by atoms with Crippen molar-refractivity contribution in [3.05, 3.63) is 28.3 Å². The summed E-state index contributed by atoms with van der Waals surface area (Å²) in [7, 11) is 0. The van der Waals surface area contributed by atoms with Crippen LogP contribution in [0.5, 0.6) is 0 Å². The summed E-state index contributed by atoms with van der Waals surface area (Å²) in [5, 5.41) is 0. The van der Waals surface area contributed by atoms with E-state index in [-0.39, 0.29) is 18.9 Å². The Labute approximate surface area is 91.6 Å². The molecule has 0 amide bonds. The van der Waals surface area contributed by atoms with E-state index in [0.717, 1.165) is 4.04 Å². The van der Waals surface area contributed by atoms with Crippen LogP contribution in [0.2, 0.25) is 0 Å². The Hall–Kier alpha value is 0.807. The van der Waals surface area contributed by atoms with Gasteiger partial charge in [-0.15, -0.1) is 4.04 Å². The van der Waals surface area contributed by atoms with Crippen molar-refractivity contribution in [1.29, 1.82) is 0 Å². The molecule has 1 aromatic carbocycles. The molecule has 0 N–H and O–H groups in total. The monoisotopic (exact) mass is 194 g/mol. The molecule has 0 aromatic heterocycles. The van der Waals surface area contributed by atoms with Gasteiger partial charge in [-0.25, -0.2) is 0 Å². The number of benzene rings is 1. The molecule has 1 heterocycles. The molecule has 2 rings (SSSR count). The van der Waals surface area contributed by atoms with Gasteiger partial charge < -0.3 is 11.6 Å². The largest absolute Gasteiger partial charge is 1.00 e. The summed E-state index contributed by atoms with van der Waals surface area (Å²) in [5.74, 6) is 0. The van der Waals surface area contributed by atoms with Gasteiger partial charge in [-0.1, -0.05) is 24.3 Å². The predicted octanol–water partition coefficient (Wildman–Crippen LogP) is 0.574. The van der Waals surface area contributed by atoms with E-state index in [0.29, 0.717) is 0 Å². The number of hydrogen-bond donors (Lipinski definition) is 0. The third-order valence-electron chi connectivity index (χ3n) is 1.23. The molecular weight excluding hydrogens is 191 g/mol. The van der Waals surface area contributed by atoms with Crippen molar-refractivity contribution in [2.75, 3.05) is 0 Å². The van der Waals surface area contributed by atoms with Gasteiger partial charge in [0, 0.05) is 0 Å². The fourth-order valence-corrected chi connectivity index (χ4v) is 3.24. The topological polar surface area (TPSA) is 0 Å². The van der Waals surface area contributed by atoms with E-state index < -0.39 is 0 Å². The second-order valence-electron chi connectivity index (χ2n) is 1.89. The van der Waals surface area contributed by atoms with Crippen molar-refractivity contribution in [3.8, 4) is 0 Å². The molecular formula is C7H4ClLiS2. The zero-order valence-electron chi connectivity index (χ0n) is 6.00. The number of hydrogen-bond acceptors (Lipinski definition) is 2. The second kappa shape index (κ2) is 4.16. The van der Waals surface area contributed by atoms with Gasteiger partial charge in [0.25, 0.3) is 0 Å². The molecule has 0 unspecified atom stereocenters. The summed E-state index contributed by atoms with van der Waals surface area (Å²) in [5.41, 5.74) is 0. The molecule has 0 spiro atoms. The first-order valence-corrected chi connectivity index (χ1v) is 4.84. The maximum atomic E-state index is 5.82. The van der Waals surface area contributed by atoms with E-state index >= 15 is 0 Å². The average Bonchev–Trinajstić information content (AvgIpc) is 2.27. The van der Waals surface area contributed by atoms with E-state index in [1.165, 1.54) is 9.79 Å². The quantitative estimate of drug-likeness (QED) is 0.438. The number of fused-ring (bicyclic) bond motifs is 1. The van der Waals surface area contributed by atoms with Gasteiger partial charge in [0.15, 0.2) is 0 Å². The summed E-state index contributed by atoms with van der Waals surface area (Å²) < 4.78 is 0.904. The van der Waals surface area contributed by atoms with E-state index in [2.05, 4.69) is 12.1 Å². The van der Waals surface area contributed by atoms with Gasteiger partial charge in [-0.05, 0) is 9.79 Å². The average molecular weight is 195 g/mol. The Morgan fingerprint density at radius 3 is 2.00 bits per heavy atom. The van der Waals surface area contributed by atoms with Crippen molar-refractivity contribution in [2.45, 2.75) is 9.79 Å². The van der Waals surface area contributed by atoms with Gasteiger partial charge >= 0.3 is 18.9 Å². The summed E-state index contributed by atoms with van der Waals surface area (Å²) >= 11 is 9.09. The van der Waals surface area contributed by atoms with Crippen LogP contribution < -0.4 is 18.9 Å². The molecule has 1 aromatic rings. The standard InChI is InChI=1S/C7H4ClS2.Li/c8-7-9-5-3-1-2-4-6(5)10-7;/h1-4H;/q-1;+1. The summed E-state index contributed by atoms with van der Waals surface area (Å²) in [6, 6.07) is 8.23. The molecule has 0 bridgehead atoms. The molecule has 4 heteroatoms. The van der Waals surface area contributed by atoms with Crippen molar-refractivity contribution < 1.29 is 18.9 Å². The second-order valence-corrected chi connectivity index (χ2v) is 5.08. The molecule has 1 aliphatic heterocycles. The zero-order valence-corrected chi connectivity index (χ0v) is 8.39. The minimum Gasteiger partial charge on any atom is -0.322 e. The van der Waals surface area contributed by atoms with Crippen LogP contribution in [-0.2, 0) is 0 Å². The molecule has 0 nitrogen and oxygen atoms in total. The van der Waals surface area contributed by atoms with Crippen LogP contribution in [0.1, 0.15) is 0 Å². The number of thioether (sulfide) groups is 2. The first-order chi connectivity index (χ1) is 4.86. The van der Waals surface area contributed by atoms with Crippen molar-refractivity contribution in [3.63, 3.8) is 0 Å². The third-order valence-corrected chi connectivity index (χ3v) is 3.79. The van der Waals surface area contributed by atoms with Crippen molar-refractivity contribution in [1.82, 2.24) is 0 Å². The Balaban J connectivity index is 0.000000605. The Bertz CT molecular complexity index is 229. The normalized spacial score (nSPS) is 15.7. The van der Waals surface area contributed by atoms with Crippen LogP contribution in [0, 0.1) is 4.04 Å².